The van der Waals surface area contributed by atoms with Gasteiger partial charge in [0.2, 0.25) is 15.9 Å². The Morgan fingerprint density at radius 3 is 2.43 bits per heavy atom. The van der Waals surface area contributed by atoms with Crippen molar-refractivity contribution in [2.75, 3.05) is 19.3 Å². The molecular formula is C14H17N3O3S. The molecule has 7 heteroatoms. The molecule has 0 saturated carbocycles. The molecule has 21 heavy (non-hydrogen) atoms. The highest BCUT2D eigenvalue weighted by Gasteiger charge is 2.41. The van der Waals surface area contributed by atoms with Crippen LogP contribution in [0.15, 0.2) is 34.9 Å². The number of aryl methyl sites for hydroxylation is 1. The molecule has 1 aliphatic heterocycles. The second-order valence-electron chi connectivity index (χ2n) is 5.38. The first kappa shape index (κ1) is 14.2. The van der Waals surface area contributed by atoms with E-state index in [-0.39, 0.29) is 11.8 Å². The lowest BCUT2D eigenvalue weighted by molar-refractivity contribution is 0.345. The van der Waals surface area contributed by atoms with E-state index in [1.807, 2.05) is 30.3 Å². The third-order valence-corrected chi connectivity index (χ3v) is 5.08. The number of hydrogen-bond donors (Lipinski definition) is 0. The van der Waals surface area contributed by atoms with Crippen LogP contribution in [0.5, 0.6) is 0 Å². The highest BCUT2D eigenvalue weighted by atomic mass is 32.2. The zero-order valence-corrected chi connectivity index (χ0v) is 12.7. The predicted molar refractivity (Wildman–Crippen MR) is 77.4 cm³/mol. The lowest BCUT2D eigenvalue weighted by Gasteiger charge is -2.15. The average Bonchev–Trinajstić information content (AvgIpc) is 3.05. The molecule has 2 atom stereocenters. The molecule has 2 unspecified atom stereocenters. The van der Waals surface area contributed by atoms with Crippen LogP contribution in [0.3, 0.4) is 0 Å². The number of benzene rings is 1. The molecule has 0 N–H and O–H groups in total. The van der Waals surface area contributed by atoms with Crippen molar-refractivity contribution in [3.05, 3.63) is 47.6 Å². The molecule has 2 heterocycles. The van der Waals surface area contributed by atoms with E-state index in [0.717, 1.165) is 5.56 Å². The lowest BCUT2D eigenvalue weighted by Crippen LogP contribution is -2.27. The molecule has 3 rings (SSSR count). The third-order valence-electron chi connectivity index (χ3n) is 3.84. The molecule has 1 aromatic carbocycles. The molecular weight excluding hydrogens is 290 g/mol. The van der Waals surface area contributed by atoms with Crippen LogP contribution in [0.25, 0.3) is 0 Å². The van der Waals surface area contributed by atoms with Gasteiger partial charge in [-0.15, -0.1) is 0 Å². The normalized spacial score (nSPS) is 23.5. The standard InChI is InChI=1S/C14H17N3O3S/c1-10-15-14(20-16-10)13-9-17(21(2,18)19)8-12(13)11-6-4-3-5-7-11/h3-7,12-13H,8-9H2,1-2H3. The fourth-order valence-electron chi connectivity index (χ4n) is 2.79. The van der Waals surface area contributed by atoms with Gasteiger partial charge in [0.1, 0.15) is 0 Å². The van der Waals surface area contributed by atoms with E-state index in [4.69, 9.17) is 4.52 Å². The molecule has 1 aromatic heterocycles. The van der Waals surface area contributed by atoms with E-state index in [9.17, 15) is 8.42 Å². The molecule has 6 nitrogen and oxygen atoms in total. The Hall–Kier alpha value is -1.73. The van der Waals surface area contributed by atoms with Crippen molar-refractivity contribution in [3.63, 3.8) is 0 Å². The summed E-state index contributed by atoms with van der Waals surface area (Å²) < 4.78 is 30.5. The van der Waals surface area contributed by atoms with Gasteiger partial charge in [0.15, 0.2) is 5.82 Å². The summed E-state index contributed by atoms with van der Waals surface area (Å²) >= 11 is 0. The summed E-state index contributed by atoms with van der Waals surface area (Å²) in [4.78, 5) is 4.29. The van der Waals surface area contributed by atoms with Crippen molar-refractivity contribution in [1.29, 1.82) is 0 Å². The first-order valence-corrected chi connectivity index (χ1v) is 8.60. The maximum atomic E-state index is 11.9. The van der Waals surface area contributed by atoms with E-state index < -0.39 is 10.0 Å². The lowest BCUT2D eigenvalue weighted by atomic mass is 9.89. The molecule has 0 amide bonds. The van der Waals surface area contributed by atoms with Crippen LogP contribution in [0, 0.1) is 6.92 Å². The van der Waals surface area contributed by atoms with Gasteiger partial charge in [-0.05, 0) is 12.5 Å². The number of nitrogens with zero attached hydrogens (tertiary/aromatic N) is 3. The van der Waals surface area contributed by atoms with Crippen molar-refractivity contribution < 1.29 is 12.9 Å². The van der Waals surface area contributed by atoms with Gasteiger partial charge in [-0.3, -0.25) is 0 Å². The SMILES string of the molecule is Cc1noc(C2CN(S(C)(=O)=O)CC2c2ccccc2)n1. The Kier molecular flexibility index (Phi) is 3.54. The minimum absolute atomic E-state index is 0.0285. The minimum Gasteiger partial charge on any atom is -0.339 e. The molecule has 1 saturated heterocycles. The molecule has 0 aliphatic carbocycles. The summed E-state index contributed by atoms with van der Waals surface area (Å²) in [7, 11) is -3.23. The minimum atomic E-state index is -3.23. The van der Waals surface area contributed by atoms with Gasteiger partial charge in [0.05, 0.1) is 12.2 Å². The molecule has 0 bridgehead atoms. The van der Waals surface area contributed by atoms with Gasteiger partial charge in [0, 0.05) is 19.0 Å². The summed E-state index contributed by atoms with van der Waals surface area (Å²) in [6, 6.07) is 9.86. The second-order valence-corrected chi connectivity index (χ2v) is 7.37. The third kappa shape index (κ3) is 2.84. The van der Waals surface area contributed by atoms with Crippen molar-refractivity contribution in [2.45, 2.75) is 18.8 Å². The van der Waals surface area contributed by atoms with Crippen molar-refractivity contribution in [1.82, 2.24) is 14.4 Å². The van der Waals surface area contributed by atoms with Crippen molar-refractivity contribution >= 4 is 10.0 Å². The van der Waals surface area contributed by atoms with Crippen LogP contribution in [-0.2, 0) is 10.0 Å². The van der Waals surface area contributed by atoms with Gasteiger partial charge in [0.25, 0.3) is 0 Å². The van der Waals surface area contributed by atoms with Crippen LogP contribution in [0.1, 0.15) is 29.1 Å². The smallest absolute Gasteiger partial charge is 0.231 e. The molecule has 0 radical (unpaired) electrons. The van der Waals surface area contributed by atoms with E-state index in [0.29, 0.717) is 24.8 Å². The van der Waals surface area contributed by atoms with Crippen molar-refractivity contribution in [3.8, 4) is 0 Å². The van der Waals surface area contributed by atoms with Crippen LogP contribution >= 0.6 is 0 Å². The summed E-state index contributed by atoms with van der Waals surface area (Å²) in [6.45, 7) is 2.57. The molecule has 0 spiro atoms. The molecule has 2 aromatic rings. The maximum absolute atomic E-state index is 11.9. The Labute approximate surface area is 123 Å². The Bertz CT molecular complexity index is 727. The number of hydrogen-bond acceptors (Lipinski definition) is 5. The highest BCUT2D eigenvalue weighted by Crippen LogP contribution is 2.39. The first-order chi connectivity index (χ1) is 9.95. The molecule has 1 aliphatic rings. The Morgan fingerprint density at radius 1 is 1.19 bits per heavy atom. The fourth-order valence-corrected chi connectivity index (χ4v) is 3.65. The van der Waals surface area contributed by atoms with Crippen LogP contribution < -0.4 is 0 Å². The summed E-state index contributed by atoms with van der Waals surface area (Å²) in [5.74, 6) is 0.992. The average molecular weight is 307 g/mol. The van der Waals surface area contributed by atoms with E-state index >= 15 is 0 Å². The Morgan fingerprint density at radius 2 is 1.86 bits per heavy atom. The molecule has 112 valence electrons. The summed E-state index contributed by atoms with van der Waals surface area (Å²) in [6.07, 6.45) is 1.23. The zero-order chi connectivity index (χ0) is 15.0. The Balaban J connectivity index is 1.98. The monoisotopic (exact) mass is 307 g/mol. The topological polar surface area (TPSA) is 76.3 Å². The van der Waals surface area contributed by atoms with Gasteiger partial charge in [-0.1, -0.05) is 35.5 Å². The van der Waals surface area contributed by atoms with Gasteiger partial charge < -0.3 is 4.52 Å². The largest absolute Gasteiger partial charge is 0.339 e. The van der Waals surface area contributed by atoms with Gasteiger partial charge in [-0.25, -0.2) is 12.7 Å². The summed E-state index contributed by atoms with van der Waals surface area (Å²) in [5.41, 5.74) is 1.09. The van der Waals surface area contributed by atoms with E-state index in [1.165, 1.54) is 10.6 Å². The maximum Gasteiger partial charge on any atom is 0.231 e. The number of aromatic nitrogens is 2. The summed E-state index contributed by atoms with van der Waals surface area (Å²) in [5, 5.41) is 3.82. The van der Waals surface area contributed by atoms with Gasteiger partial charge >= 0.3 is 0 Å². The molecule has 1 fully saturated rings. The number of sulfonamides is 1. The van der Waals surface area contributed by atoms with Crippen LogP contribution in [-0.4, -0.2) is 42.2 Å². The number of rotatable bonds is 3. The van der Waals surface area contributed by atoms with E-state index in [2.05, 4.69) is 10.1 Å². The van der Waals surface area contributed by atoms with Gasteiger partial charge in [-0.2, -0.15) is 4.98 Å². The fraction of sp³-hybridized carbons (Fsp3) is 0.429. The zero-order valence-electron chi connectivity index (χ0n) is 11.9. The van der Waals surface area contributed by atoms with Crippen LogP contribution in [0.4, 0.5) is 0 Å². The van der Waals surface area contributed by atoms with E-state index in [1.54, 1.807) is 6.92 Å². The first-order valence-electron chi connectivity index (χ1n) is 6.75. The van der Waals surface area contributed by atoms with Crippen molar-refractivity contribution in [2.24, 2.45) is 0 Å². The quantitative estimate of drug-likeness (QED) is 0.859. The second kappa shape index (κ2) is 5.23. The van der Waals surface area contributed by atoms with Crippen LogP contribution in [0.2, 0.25) is 0 Å². The highest BCUT2D eigenvalue weighted by molar-refractivity contribution is 7.88. The predicted octanol–water partition coefficient (Wildman–Crippen LogP) is 1.52.